The van der Waals surface area contributed by atoms with E-state index in [1.165, 1.54) is 0 Å². The average Bonchev–Trinajstić information content (AvgIpc) is 2.29. The molecule has 0 aliphatic rings. The van der Waals surface area contributed by atoms with Crippen molar-refractivity contribution in [2.24, 2.45) is 0 Å². The molecule has 1 aromatic rings. The van der Waals surface area contributed by atoms with E-state index in [1.54, 1.807) is 12.1 Å². The Morgan fingerprint density at radius 3 is 2.69 bits per heavy atom. The van der Waals surface area contributed by atoms with E-state index in [0.29, 0.717) is 34.5 Å². The Labute approximate surface area is 105 Å². The van der Waals surface area contributed by atoms with Crippen molar-refractivity contribution in [3.8, 4) is 0 Å². The lowest BCUT2D eigenvalue weighted by Gasteiger charge is -2.15. The normalized spacial score (nSPS) is 12.2. The van der Waals surface area contributed by atoms with Gasteiger partial charge in [-0.15, -0.1) is 0 Å². The van der Waals surface area contributed by atoms with Gasteiger partial charge in [-0.05, 0) is 30.0 Å². The Morgan fingerprint density at radius 2 is 2.12 bits per heavy atom. The molecule has 0 saturated carbocycles. The Balaban J connectivity index is 2.62. The third-order valence-electron chi connectivity index (χ3n) is 2.43. The van der Waals surface area contributed by atoms with Gasteiger partial charge in [0.05, 0.1) is 10.0 Å². The quantitative estimate of drug-likeness (QED) is 0.502. The number of carbonyl (C=O) groups excluding carboxylic acids is 1. The average molecular weight is 262 g/mol. The number of carbonyl (C=O) groups is 1. The second-order valence-corrected chi connectivity index (χ2v) is 4.45. The van der Waals surface area contributed by atoms with Crippen LogP contribution in [0.1, 0.15) is 24.8 Å². The summed E-state index contributed by atoms with van der Waals surface area (Å²) in [6.45, 7) is 2.29. The van der Waals surface area contributed by atoms with Crippen LogP contribution in [0.2, 0.25) is 10.0 Å². The van der Waals surface area contributed by atoms with Gasteiger partial charge in [0, 0.05) is 6.54 Å². The summed E-state index contributed by atoms with van der Waals surface area (Å²) in [5.74, 6) is 0.198. The first kappa shape index (κ1) is 13.3. The zero-order valence-electron chi connectivity index (χ0n) is 8.86. The topological polar surface area (TPSA) is 40.5 Å². The summed E-state index contributed by atoms with van der Waals surface area (Å²) in [7, 11) is 0. The van der Waals surface area contributed by atoms with E-state index in [1.807, 2.05) is 13.0 Å². The number of rotatable bonds is 5. The van der Waals surface area contributed by atoms with Crippen molar-refractivity contribution in [2.75, 3.05) is 6.54 Å². The van der Waals surface area contributed by atoms with E-state index < -0.39 is 0 Å². The van der Waals surface area contributed by atoms with E-state index in [4.69, 9.17) is 28.4 Å². The monoisotopic (exact) mass is 261 g/mol. The SMILES string of the molecule is CC(CCN(O)C=O)c1ccc(Cl)c(Cl)c1. The zero-order chi connectivity index (χ0) is 12.1. The molecule has 1 rings (SSSR count). The largest absolute Gasteiger partial charge is 0.286 e. The van der Waals surface area contributed by atoms with Crippen molar-refractivity contribution < 1.29 is 10.0 Å². The predicted molar refractivity (Wildman–Crippen MR) is 64.1 cm³/mol. The predicted octanol–water partition coefficient (Wildman–Crippen LogP) is 3.33. The maximum absolute atomic E-state index is 10.2. The molecule has 0 spiro atoms. The lowest BCUT2D eigenvalue weighted by atomic mass is 9.98. The standard InChI is InChI=1S/C11H13Cl2NO2/c1-8(4-5-14(16)7-15)9-2-3-10(12)11(13)6-9/h2-3,6-8,16H,4-5H2,1H3. The first-order chi connectivity index (χ1) is 7.54. The highest BCUT2D eigenvalue weighted by Gasteiger charge is 2.09. The molecular formula is C11H13Cl2NO2. The fourth-order valence-corrected chi connectivity index (χ4v) is 1.67. The molecule has 0 saturated heterocycles. The van der Waals surface area contributed by atoms with Crippen LogP contribution in [0.4, 0.5) is 0 Å². The van der Waals surface area contributed by atoms with Crippen LogP contribution in [0.3, 0.4) is 0 Å². The second kappa shape index (κ2) is 6.09. The van der Waals surface area contributed by atoms with Crippen molar-refractivity contribution in [2.45, 2.75) is 19.3 Å². The van der Waals surface area contributed by atoms with E-state index in [0.717, 1.165) is 5.56 Å². The maximum Gasteiger partial charge on any atom is 0.233 e. The Kier molecular flexibility index (Phi) is 5.06. The number of benzene rings is 1. The van der Waals surface area contributed by atoms with E-state index in [9.17, 15) is 4.79 Å². The van der Waals surface area contributed by atoms with Gasteiger partial charge in [-0.1, -0.05) is 36.2 Å². The van der Waals surface area contributed by atoms with Crippen LogP contribution in [-0.4, -0.2) is 23.2 Å². The van der Waals surface area contributed by atoms with Crippen LogP contribution in [0.25, 0.3) is 0 Å². The lowest BCUT2D eigenvalue weighted by Crippen LogP contribution is -2.19. The van der Waals surface area contributed by atoms with E-state index >= 15 is 0 Å². The first-order valence-corrected chi connectivity index (χ1v) is 5.66. The van der Waals surface area contributed by atoms with Gasteiger partial charge in [-0.3, -0.25) is 10.0 Å². The second-order valence-electron chi connectivity index (χ2n) is 3.63. The van der Waals surface area contributed by atoms with Crippen molar-refractivity contribution in [3.63, 3.8) is 0 Å². The van der Waals surface area contributed by atoms with Gasteiger partial charge in [0.1, 0.15) is 0 Å². The third kappa shape index (κ3) is 3.67. The summed E-state index contributed by atoms with van der Waals surface area (Å²) in [6.07, 6.45) is 1.05. The number of hydrogen-bond acceptors (Lipinski definition) is 2. The molecular weight excluding hydrogens is 249 g/mol. The molecule has 0 radical (unpaired) electrons. The molecule has 16 heavy (non-hydrogen) atoms. The number of nitrogens with zero attached hydrogens (tertiary/aromatic N) is 1. The molecule has 0 aliphatic heterocycles. The van der Waals surface area contributed by atoms with Gasteiger partial charge >= 0.3 is 0 Å². The molecule has 0 bridgehead atoms. The van der Waals surface area contributed by atoms with Crippen LogP contribution in [0, 0.1) is 0 Å². The van der Waals surface area contributed by atoms with Gasteiger partial charge in [-0.25, -0.2) is 5.06 Å². The maximum atomic E-state index is 10.2. The Hall–Kier alpha value is -0.770. The highest BCUT2D eigenvalue weighted by Crippen LogP contribution is 2.27. The molecule has 88 valence electrons. The number of hydrogen-bond donors (Lipinski definition) is 1. The summed E-state index contributed by atoms with van der Waals surface area (Å²) in [4.78, 5) is 10.2. The molecule has 5 heteroatoms. The minimum absolute atomic E-state index is 0.198. The van der Waals surface area contributed by atoms with Crippen LogP contribution in [-0.2, 0) is 4.79 Å². The summed E-state index contributed by atoms with van der Waals surface area (Å²) in [5, 5.41) is 10.6. The summed E-state index contributed by atoms with van der Waals surface area (Å²) in [5.41, 5.74) is 1.04. The van der Waals surface area contributed by atoms with E-state index in [2.05, 4.69) is 0 Å². The molecule has 0 fully saturated rings. The minimum atomic E-state index is 0.198. The van der Waals surface area contributed by atoms with Crippen LogP contribution >= 0.6 is 23.2 Å². The molecule has 1 N–H and O–H groups in total. The number of halogens is 2. The molecule has 0 heterocycles. The zero-order valence-corrected chi connectivity index (χ0v) is 10.4. The molecule has 3 nitrogen and oxygen atoms in total. The smallest absolute Gasteiger partial charge is 0.233 e. The summed E-state index contributed by atoms with van der Waals surface area (Å²) in [6, 6.07) is 5.44. The van der Waals surface area contributed by atoms with Gasteiger partial charge in [-0.2, -0.15) is 0 Å². The third-order valence-corrected chi connectivity index (χ3v) is 3.16. The summed E-state index contributed by atoms with van der Waals surface area (Å²) < 4.78 is 0. The van der Waals surface area contributed by atoms with Crippen molar-refractivity contribution in [1.82, 2.24) is 5.06 Å². The fraction of sp³-hybridized carbons (Fsp3) is 0.364. The first-order valence-electron chi connectivity index (χ1n) is 4.90. The molecule has 1 atom stereocenters. The highest BCUT2D eigenvalue weighted by molar-refractivity contribution is 6.42. The summed E-state index contributed by atoms with van der Waals surface area (Å²) >= 11 is 11.7. The van der Waals surface area contributed by atoms with Gasteiger partial charge in [0.25, 0.3) is 0 Å². The van der Waals surface area contributed by atoms with Gasteiger partial charge in [0.2, 0.25) is 6.41 Å². The Bertz CT molecular complexity index is 371. The van der Waals surface area contributed by atoms with Crippen LogP contribution in [0.5, 0.6) is 0 Å². The number of hydroxylamine groups is 2. The van der Waals surface area contributed by atoms with Crippen molar-refractivity contribution in [1.29, 1.82) is 0 Å². The van der Waals surface area contributed by atoms with Crippen molar-refractivity contribution >= 4 is 29.6 Å². The van der Waals surface area contributed by atoms with Crippen LogP contribution < -0.4 is 0 Å². The molecule has 1 amide bonds. The van der Waals surface area contributed by atoms with Crippen molar-refractivity contribution in [3.05, 3.63) is 33.8 Å². The molecule has 1 unspecified atom stereocenters. The van der Waals surface area contributed by atoms with Crippen LogP contribution in [0.15, 0.2) is 18.2 Å². The van der Waals surface area contributed by atoms with Gasteiger partial charge < -0.3 is 0 Å². The minimum Gasteiger partial charge on any atom is -0.286 e. The Morgan fingerprint density at radius 1 is 1.44 bits per heavy atom. The molecule has 0 aliphatic carbocycles. The fourth-order valence-electron chi connectivity index (χ4n) is 1.36. The molecule has 1 aromatic carbocycles. The molecule has 0 aromatic heterocycles. The highest BCUT2D eigenvalue weighted by atomic mass is 35.5. The van der Waals surface area contributed by atoms with E-state index in [-0.39, 0.29) is 5.92 Å². The van der Waals surface area contributed by atoms with Gasteiger partial charge in [0.15, 0.2) is 0 Å². The number of amides is 1. The lowest BCUT2D eigenvalue weighted by molar-refractivity contribution is -0.149.